The Balaban J connectivity index is 1.53. The molecule has 1 aromatic carbocycles. The first-order valence-corrected chi connectivity index (χ1v) is 11.1. The standard InChI is InChI=1S/C23H32FN3O3/c24-18-7-11-20(12-8-18)27(14-13-21(25)28)23(30)17-5-9-19(10-6-17)26-22(29)15-16-3-1-2-4-16/h7-8,11-12,16-17,19H,1-6,9-10,13-15H2,(H2,25,28)(H,26,29). The molecule has 0 spiro atoms. The number of amides is 3. The van der Waals surface area contributed by atoms with E-state index in [9.17, 15) is 18.8 Å². The molecule has 0 atom stereocenters. The lowest BCUT2D eigenvalue weighted by molar-refractivity contribution is -0.124. The van der Waals surface area contributed by atoms with Gasteiger partial charge in [0.2, 0.25) is 17.7 Å². The highest BCUT2D eigenvalue weighted by atomic mass is 19.1. The van der Waals surface area contributed by atoms with Gasteiger partial charge in [-0.15, -0.1) is 0 Å². The van der Waals surface area contributed by atoms with Crippen LogP contribution in [0.5, 0.6) is 0 Å². The van der Waals surface area contributed by atoms with Crippen molar-refractivity contribution in [3.63, 3.8) is 0 Å². The molecule has 3 N–H and O–H groups in total. The van der Waals surface area contributed by atoms with Crippen molar-refractivity contribution in [1.82, 2.24) is 5.32 Å². The van der Waals surface area contributed by atoms with E-state index in [0.29, 0.717) is 30.9 Å². The van der Waals surface area contributed by atoms with Crippen molar-refractivity contribution in [3.05, 3.63) is 30.1 Å². The molecular formula is C23H32FN3O3. The molecule has 6 nitrogen and oxygen atoms in total. The predicted octanol–water partition coefficient (Wildman–Crippen LogP) is 3.29. The highest BCUT2D eigenvalue weighted by molar-refractivity contribution is 5.95. The number of primary amides is 1. The Hall–Kier alpha value is -2.44. The molecular weight excluding hydrogens is 385 g/mol. The second-order valence-electron chi connectivity index (χ2n) is 8.65. The smallest absolute Gasteiger partial charge is 0.230 e. The van der Waals surface area contributed by atoms with Crippen LogP contribution < -0.4 is 16.0 Å². The van der Waals surface area contributed by atoms with Gasteiger partial charge in [0.1, 0.15) is 5.82 Å². The monoisotopic (exact) mass is 417 g/mol. The van der Waals surface area contributed by atoms with E-state index in [4.69, 9.17) is 5.73 Å². The number of benzene rings is 1. The summed E-state index contributed by atoms with van der Waals surface area (Å²) in [7, 11) is 0. The van der Waals surface area contributed by atoms with E-state index in [1.807, 2.05) is 0 Å². The van der Waals surface area contributed by atoms with Crippen LogP contribution in [0.4, 0.5) is 10.1 Å². The number of halogens is 1. The minimum atomic E-state index is -0.483. The van der Waals surface area contributed by atoms with Crippen molar-refractivity contribution >= 4 is 23.4 Å². The lowest BCUT2D eigenvalue weighted by atomic mass is 9.84. The Labute approximate surface area is 177 Å². The summed E-state index contributed by atoms with van der Waals surface area (Å²) in [6, 6.07) is 5.81. The average molecular weight is 418 g/mol. The number of hydrogen-bond donors (Lipinski definition) is 2. The molecule has 0 aromatic heterocycles. The number of nitrogens with two attached hydrogens (primary N) is 1. The Kier molecular flexibility index (Phi) is 7.82. The molecule has 0 unspecified atom stereocenters. The van der Waals surface area contributed by atoms with Crippen molar-refractivity contribution in [2.75, 3.05) is 11.4 Å². The number of nitrogens with zero attached hydrogens (tertiary/aromatic N) is 1. The first kappa shape index (κ1) is 22.2. The van der Waals surface area contributed by atoms with Crippen LogP contribution >= 0.6 is 0 Å². The summed E-state index contributed by atoms with van der Waals surface area (Å²) in [5.41, 5.74) is 5.83. The van der Waals surface area contributed by atoms with E-state index in [1.165, 1.54) is 29.9 Å². The molecule has 0 saturated heterocycles. The molecule has 0 radical (unpaired) electrons. The van der Waals surface area contributed by atoms with E-state index in [-0.39, 0.29) is 42.6 Å². The van der Waals surface area contributed by atoms with Crippen LogP contribution in [0, 0.1) is 17.7 Å². The Morgan fingerprint density at radius 3 is 2.23 bits per heavy atom. The van der Waals surface area contributed by atoms with Gasteiger partial charge in [-0.25, -0.2) is 4.39 Å². The summed E-state index contributed by atoms with van der Waals surface area (Å²) in [5.74, 6) is -0.452. The summed E-state index contributed by atoms with van der Waals surface area (Å²) >= 11 is 0. The molecule has 0 heterocycles. The molecule has 164 valence electrons. The van der Waals surface area contributed by atoms with Crippen LogP contribution in [0.15, 0.2) is 24.3 Å². The molecule has 1 aromatic rings. The van der Waals surface area contributed by atoms with Crippen molar-refractivity contribution in [2.24, 2.45) is 17.6 Å². The number of anilines is 1. The zero-order valence-corrected chi connectivity index (χ0v) is 17.4. The van der Waals surface area contributed by atoms with Gasteiger partial charge >= 0.3 is 0 Å². The van der Waals surface area contributed by atoms with E-state index in [1.54, 1.807) is 12.1 Å². The van der Waals surface area contributed by atoms with Crippen molar-refractivity contribution in [2.45, 2.75) is 70.3 Å². The molecule has 2 saturated carbocycles. The first-order chi connectivity index (χ1) is 14.4. The van der Waals surface area contributed by atoms with Gasteiger partial charge in [-0.2, -0.15) is 0 Å². The summed E-state index contributed by atoms with van der Waals surface area (Å²) < 4.78 is 13.3. The fourth-order valence-electron chi connectivity index (χ4n) is 4.68. The van der Waals surface area contributed by atoms with Gasteiger partial charge in [0.15, 0.2) is 0 Å². The maximum atomic E-state index is 13.3. The number of carbonyl (C=O) groups is 3. The molecule has 3 rings (SSSR count). The van der Waals surface area contributed by atoms with E-state index in [2.05, 4.69) is 5.32 Å². The molecule has 3 amide bonds. The third-order valence-electron chi connectivity index (χ3n) is 6.38. The van der Waals surface area contributed by atoms with Crippen LogP contribution in [-0.4, -0.2) is 30.3 Å². The Morgan fingerprint density at radius 1 is 1.00 bits per heavy atom. The van der Waals surface area contributed by atoms with Gasteiger partial charge in [-0.3, -0.25) is 14.4 Å². The highest BCUT2D eigenvalue weighted by Gasteiger charge is 2.31. The molecule has 7 heteroatoms. The zero-order valence-electron chi connectivity index (χ0n) is 17.4. The van der Waals surface area contributed by atoms with Gasteiger partial charge < -0.3 is 16.0 Å². The maximum absolute atomic E-state index is 13.3. The third kappa shape index (κ3) is 6.28. The summed E-state index contributed by atoms with van der Waals surface area (Å²) in [4.78, 5) is 38.2. The zero-order chi connectivity index (χ0) is 21.5. The maximum Gasteiger partial charge on any atom is 0.230 e. The normalized spacial score (nSPS) is 21.9. The minimum absolute atomic E-state index is 0.0513. The minimum Gasteiger partial charge on any atom is -0.370 e. The fraction of sp³-hybridized carbons (Fsp3) is 0.609. The second kappa shape index (κ2) is 10.5. The van der Waals surface area contributed by atoms with Crippen LogP contribution in [0.1, 0.15) is 64.2 Å². The molecule has 2 fully saturated rings. The van der Waals surface area contributed by atoms with Crippen molar-refractivity contribution in [3.8, 4) is 0 Å². The Bertz CT molecular complexity index is 739. The SMILES string of the molecule is NC(=O)CCN(C(=O)C1CCC(NC(=O)CC2CCCC2)CC1)c1ccc(F)cc1. The predicted molar refractivity (Wildman–Crippen MR) is 113 cm³/mol. The fourth-order valence-corrected chi connectivity index (χ4v) is 4.68. The number of hydrogen-bond acceptors (Lipinski definition) is 3. The van der Waals surface area contributed by atoms with Crippen LogP contribution in [-0.2, 0) is 14.4 Å². The third-order valence-corrected chi connectivity index (χ3v) is 6.38. The number of nitrogens with one attached hydrogen (secondary N) is 1. The Morgan fingerprint density at radius 2 is 1.63 bits per heavy atom. The van der Waals surface area contributed by atoms with E-state index < -0.39 is 5.91 Å². The quantitative estimate of drug-likeness (QED) is 0.680. The lowest BCUT2D eigenvalue weighted by Gasteiger charge is -2.32. The first-order valence-electron chi connectivity index (χ1n) is 11.1. The van der Waals surface area contributed by atoms with E-state index in [0.717, 1.165) is 25.7 Å². The van der Waals surface area contributed by atoms with Gasteiger partial charge in [-0.05, 0) is 68.7 Å². The topological polar surface area (TPSA) is 92.5 Å². The molecule has 0 aliphatic heterocycles. The number of rotatable bonds is 8. The molecule has 30 heavy (non-hydrogen) atoms. The summed E-state index contributed by atoms with van der Waals surface area (Å²) in [6.45, 7) is 0.178. The van der Waals surface area contributed by atoms with E-state index >= 15 is 0 Å². The van der Waals surface area contributed by atoms with Gasteiger partial charge in [-0.1, -0.05) is 12.8 Å². The van der Waals surface area contributed by atoms with Crippen molar-refractivity contribution in [1.29, 1.82) is 0 Å². The molecule has 0 bridgehead atoms. The average Bonchev–Trinajstić information content (AvgIpc) is 3.22. The molecule has 2 aliphatic rings. The van der Waals surface area contributed by atoms with Gasteiger partial charge in [0.25, 0.3) is 0 Å². The van der Waals surface area contributed by atoms with Crippen LogP contribution in [0.2, 0.25) is 0 Å². The largest absolute Gasteiger partial charge is 0.370 e. The van der Waals surface area contributed by atoms with Crippen LogP contribution in [0.25, 0.3) is 0 Å². The second-order valence-corrected chi connectivity index (χ2v) is 8.65. The summed E-state index contributed by atoms with van der Waals surface area (Å²) in [6.07, 6.45) is 8.32. The lowest BCUT2D eigenvalue weighted by Crippen LogP contribution is -2.43. The van der Waals surface area contributed by atoms with Crippen molar-refractivity contribution < 1.29 is 18.8 Å². The highest BCUT2D eigenvalue weighted by Crippen LogP contribution is 2.30. The summed E-state index contributed by atoms with van der Waals surface area (Å²) in [5, 5.41) is 3.15. The van der Waals surface area contributed by atoms with Gasteiger partial charge in [0.05, 0.1) is 0 Å². The van der Waals surface area contributed by atoms with Crippen LogP contribution in [0.3, 0.4) is 0 Å². The molecule has 2 aliphatic carbocycles. The number of carbonyl (C=O) groups excluding carboxylic acids is 3. The van der Waals surface area contributed by atoms with Gasteiger partial charge in [0, 0.05) is 37.0 Å².